The van der Waals surface area contributed by atoms with E-state index in [0.29, 0.717) is 5.69 Å². The van der Waals surface area contributed by atoms with Gasteiger partial charge in [-0.25, -0.2) is 4.79 Å². The van der Waals surface area contributed by atoms with Gasteiger partial charge in [-0.15, -0.1) is 0 Å². The molecule has 0 aliphatic carbocycles. The molecule has 1 fully saturated rings. The second-order valence-electron chi connectivity index (χ2n) is 8.09. The van der Waals surface area contributed by atoms with Crippen molar-refractivity contribution in [1.82, 2.24) is 9.88 Å². The van der Waals surface area contributed by atoms with E-state index >= 15 is 0 Å². The van der Waals surface area contributed by atoms with Crippen LogP contribution >= 0.6 is 0 Å². The van der Waals surface area contributed by atoms with Gasteiger partial charge in [0.2, 0.25) is 0 Å². The highest BCUT2D eigenvalue weighted by molar-refractivity contribution is 5.93. The van der Waals surface area contributed by atoms with Crippen LogP contribution in [-0.2, 0) is 6.54 Å². The Labute approximate surface area is 188 Å². The fourth-order valence-electron chi connectivity index (χ4n) is 4.53. The number of rotatable bonds is 5. The number of aromatic amines is 1. The molecule has 0 bridgehead atoms. The van der Waals surface area contributed by atoms with E-state index in [2.05, 4.69) is 28.9 Å². The Balaban J connectivity index is 0.000000913. The SMILES string of the molecule is CCO.COc1cc(C)c2[nH]ccc2c1CN1CCCCC1c1ccc(C(=O)O)c(N)c1. The molecule has 3 aromatic rings. The van der Waals surface area contributed by atoms with Crippen molar-refractivity contribution in [2.45, 2.75) is 45.7 Å². The van der Waals surface area contributed by atoms with Crippen LogP contribution in [0, 0.1) is 6.92 Å². The minimum Gasteiger partial charge on any atom is -0.496 e. The normalized spacial score (nSPS) is 16.4. The molecule has 7 nitrogen and oxygen atoms in total. The molecule has 1 atom stereocenters. The second kappa shape index (κ2) is 10.5. The molecule has 0 amide bonds. The van der Waals surface area contributed by atoms with E-state index in [4.69, 9.17) is 15.6 Å². The van der Waals surface area contributed by atoms with Gasteiger partial charge in [-0.3, -0.25) is 4.90 Å². The standard InChI is InChI=1S/C23H27N3O3.C2H6O/c1-14-11-21(29-2)18(16-8-9-25-22(14)16)13-26-10-4-3-5-20(26)15-6-7-17(23(27)28)19(24)12-15;1-2-3/h6-9,11-12,20,25H,3-5,10,13,24H2,1-2H3,(H,27,28);3H,2H2,1H3. The Hall–Kier alpha value is -3.03. The highest BCUT2D eigenvalue weighted by atomic mass is 16.5. The molecular formula is C25H33N3O4. The number of aromatic carboxylic acids is 1. The first-order valence-electron chi connectivity index (χ1n) is 11.0. The number of hydrogen-bond donors (Lipinski definition) is 4. The predicted octanol–water partition coefficient (Wildman–Crippen LogP) is 4.49. The van der Waals surface area contributed by atoms with Crippen LogP contribution < -0.4 is 10.5 Å². The number of H-pyrrole nitrogens is 1. The van der Waals surface area contributed by atoms with Crippen LogP contribution in [0.2, 0.25) is 0 Å². The van der Waals surface area contributed by atoms with Crippen LogP contribution in [-0.4, -0.2) is 46.3 Å². The number of aliphatic hydroxyl groups is 1. The molecule has 32 heavy (non-hydrogen) atoms. The van der Waals surface area contributed by atoms with E-state index < -0.39 is 5.97 Å². The van der Waals surface area contributed by atoms with Gasteiger partial charge in [0, 0.05) is 47.5 Å². The first kappa shape index (κ1) is 23.6. The number of aromatic nitrogens is 1. The van der Waals surface area contributed by atoms with E-state index in [0.717, 1.165) is 54.7 Å². The number of ether oxygens (including phenoxy) is 1. The van der Waals surface area contributed by atoms with Crippen LogP contribution in [0.1, 0.15) is 59.3 Å². The number of methoxy groups -OCH3 is 1. The first-order chi connectivity index (χ1) is 15.4. The quantitative estimate of drug-likeness (QED) is 0.436. The largest absolute Gasteiger partial charge is 0.496 e. The Morgan fingerprint density at radius 3 is 2.69 bits per heavy atom. The van der Waals surface area contributed by atoms with Gasteiger partial charge in [-0.05, 0) is 68.6 Å². The minimum absolute atomic E-state index is 0.158. The third-order valence-corrected chi connectivity index (χ3v) is 6.00. The van der Waals surface area contributed by atoms with Crippen LogP contribution in [0.4, 0.5) is 5.69 Å². The van der Waals surface area contributed by atoms with Crippen LogP contribution in [0.25, 0.3) is 10.9 Å². The third-order valence-electron chi connectivity index (χ3n) is 6.00. The maximum atomic E-state index is 11.3. The van der Waals surface area contributed by atoms with Gasteiger partial charge >= 0.3 is 5.97 Å². The van der Waals surface area contributed by atoms with Crippen molar-refractivity contribution < 1.29 is 19.7 Å². The molecule has 0 radical (unpaired) electrons. The van der Waals surface area contributed by atoms with E-state index in [1.165, 1.54) is 10.9 Å². The molecule has 1 aliphatic rings. The lowest BCUT2D eigenvalue weighted by molar-refractivity contribution is 0.0698. The minimum atomic E-state index is -0.992. The summed E-state index contributed by atoms with van der Waals surface area (Å²) in [6, 6.07) is 9.75. The average molecular weight is 440 g/mol. The van der Waals surface area contributed by atoms with Gasteiger partial charge in [0.25, 0.3) is 0 Å². The van der Waals surface area contributed by atoms with E-state index in [1.807, 2.05) is 18.3 Å². The molecule has 172 valence electrons. The Morgan fingerprint density at radius 1 is 1.28 bits per heavy atom. The van der Waals surface area contributed by atoms with Crippen molar-refractivity contribution in [1.29, 1.82) is 0 Å². The number of carbonyl (C=O) groups is 1. The molecule has 2 aromatic carbocycles. The lowest BCUT2D eigenvalue weighted by Gasteiger charge is -2.36. The number of fused-ring (bicyclic) bond motifs is 1. The average Bonchev–Trinajstić information content (AvgIpc) is 3.27. The number of anilines is 1. The molecule has 2 heterocycles. The smallest absolute Gasteiger partial charge is 0.337 e. The lowest BCUT2D eigenvalue weighted by atomic mass is 9.93. The molecule has 1 aromatic heterocycles. The number of carboxylic acid groups (broad SMARTS) is 1. The van der Waals surface area contributed by atoms with Crippen LogP contribution in [0.5, 0.6) is 5.75 Å². The summed E-state index contributed by atoms with van der Waals surface area (Å²) in [5.74, 6) is -0.0894. The number of nitrogens with zero attached hydrogens (tertiary/aromatic N) is 1. The molecule has 1 aliphatic heterocycles. The molecule has 1 unspecified atom stereocenters. The third kappa shape index (κ3) is 4.89. The van der Waals surface area contributed by atoms with Crippen LogP contribution in [0.15, 0.2) is 36.5 Å². The molecule has 7 heteroatoms. The zero-order valence-corrected chi connectivity index (χ0v) is 19.0. The number of likely N-dealkylation sites (tertiary alicyclic amines) is 1. The molecular weight excluding hydrogens is 406 g/mol. The number of aliphatic hydroxyl groups excluding tert-OH is 1. The van der Waals surface area contributed by atoms with Gasteiger partial charge in [0.1, 0.15) is 5.75 Å². The summed E-state index contributed by atoms with van der Waals surface area (Å²) in [5, 5.41) is 18.0. The van der Waals surface area contributed by atoms with Crippen molar-refractivity contribution in [2.24, 2.45) is 0 Å². The van der Waals surface area contributed by atoms with Gasteiger partial charge in [0.05, 0.1) is 12.7 Å². The highest BCUT2D eigenvalue weighted by Crippen LogP contribution is 2.37. The summed E-state index contributed by atoms with van der Waals surface area (Å²) in [5.41, 5.74) is 11.1. The number of nitrogens with one attached hydrogen (secondary N) is 1. The monoisotopic (exact) mass is 439 g/mol. The lowest BCUT2D eigenvalue weighted by Crippen LogP contribution is -2.33. The number of carboxylic acids is 1. The zero-order valence-electron chi connectivity index (χ0n) is 19.0. The van der Waals surface area contributed by atoms with Gasteiger partial charge in [-0.2, -0.15) is 0 Å². The molecule has 0 saturated carbocycles. The van der Waals surface area contributed by atoms with Crippen molar-refractivity contribution in [2.75, 3.05) is 26.0 Å². The molecule has 1 saturated heterocycles. The molecule has 4 rings (SSSR count). The van der Waals surface area contributed by atoms with Crippen molar-refractivity contribution in [3.05, 3.63) is 58.8 Å². The number of aryl methyl sites for hydroxylation is 1. The Bertz CT molecular complexity index is 1080. The fraction of sp³-hybridized carbons (Fsp3) is 0.400. The van der Waals surface area contributed by atoms with Crippen molar-refractivity contribution in [3.8, 4) is 5.75 Å². The molecule has 5 N–H and O–H groups in total. The summed E-state index contributed by atoms with van der Waals surface area (Å²) < 4.78 is 5.72. The van der Waals surface area contributed by atoms with Crippen LogP contribution in [0.3, 0.4) is 0 Å². The summed E-state index contributed by atoms with van der Waals surface area (Å²) >= 11 is 0. The van der Waals surface area contributed by atoms with Gasteiger partial charge in [0.15, 0.2) is 0 Å². The zero-order chi connectivity index (χ0) is 23.3. The number of hydrogen-bond acceptors (Lipinski definition) is 5. The number of piperidine rings is 1. The van der Waals surface area contributed by atoms with Crippen molar-refractivity contribution in [3.63, 3.8) is 0 Å². The summed E-state index contributed by atoms with van der Waals surface area (Å²) in [4.78, 5) is 17.1. The Morgan fingerprint density at radius 2 is 2.03 bits per heavy atom. The van der Waals surface area contributed by atoms with E-state index in [9.17, 15) is 9.90 Å². The van der Waals surface area contributed by atoms with Gasteiger partial charge in [-0.1, -0.05) is 12.5 Å². The summed E-state index contributed by atoms with van der Waals surface area (Å²) in [6.45, 7) is 5.76. The van der Waals surface area contributed by atoms with E-state index in [-0.39, 0.29) is 18.2 Å². The van der Waals surface area contributed by atoms with Crippen molar-refractivity contribution >= 4 is 22.6 Å². The highest BCUT2D eigenvalue weighted by Gasteiger charge is 2.27. The second-order valence-corrected chi connectivity index (χ2v) is 8.09. The maximum Gasteiger partial charge on any atom is 0.337 e. The summed E-state index contributed by atoms with van der Waals surface area (Å²) in [6.07, 6.45) is 5.28. The fourth-order valence-corrected chi connectivity index (χ4v) is 4.53. The van der Waals surface area contributed by atoms with Gasteiger partial charge < -0.3 is 25.7 Å². The van der Waals surface area contributed by atoms with E-state index in [1.54, 1.807) is 20.1 Å². The topological polar surface area (TPSA) is 112 Å². The Kier molecular flexibility index (Phi) is 7.77. The summed E-state index contributed by atoms with van der Waals surface area (Å²) in [7, 11) is 1.72. The maximum absolute atomic E-state index is 11.3. The number of benzene rings is 2. The predicted molar refractivity (Wildman–Crippen MR) is 127 cm³/mol. The molecule has 0 spiro atoms. The first-order valence-corrected chi connectivity index (χ1v) is 11.0. The number of nitrogen functional groups attached to an aromatic ring is 1. The number of nitrogens with two attached hydrogens (primary N) is 1.